The summed E-state index contributed by atoms with van der Waals surface area (Å²) in [5, 5.41) is 14.9. The molecule has 3 aromatic rings. The number of hydrogen-bond acceptors (Lipinski definition) is 5. The van der Waals surface area contributed by atoms with Gasteiger partial charge in [-0.2, -0.15) is 10.1 Å². The number of hydrogen-bond donors (Lipinski definition) is 2. The third kappa shape index (κ3) is 4.67. The number of rotatable bonds is 7. The lowest BCUT2D eigenvalue weighted by Crippen LogP contribution is -2.07. The topological polar surface area (TPSA) is 62.7 Å². The van der Waals surface area contributed by atoms with E-state index in [1.165, 1.54) is 5.56 Å². The van der Waals surface area contributed by atoms with E-state index in [1.807, 2.05) is 30.3 Å². The molecule has 0 aliphatic carbocycles. The van der Waals surface area contributed by atoms with Crippen LogP contribution in [0, 0.1) is 0 Å². The summed E-state index contributed by atoms with van der Waals surface area (Å²) < 4.78 is 0. The molecule has 122 valence electrons. The maximum atomic E-state index is 6.12. The Labute approximate surface area is 146 Å². The van der Waals surface area contributed by atoms with E-state index >= 15 is 0 Å². The molecule has 5 nitrogen and oxygen atoms in total. The lowest BCUT2D eigenvalue weighted by molar-refractivity contribution is 0.853. The van der Waals surface area contributed by atoms with Gasteiger partial charge in [0, 0.05) is 6.54 Å². The van der Waals surface area contributed by atoms with Gasteiger partial charge in [0.25, 0.3) is 0 Å². The van der Waals surface area contributed by atoms with Crippen LogP contribution in [-0.4, -0.2) is 21.7 Å². The van der Waals surface area contributed by atoms with Crippen molar-refractivity contribution in [3.8, 4) is 0 Å². The van der Waals surface area contributed by atoms with Crippen LogP contribution in [-0.2, 0) is 6.42 Å². The van der Waals surface area contributed by atoms with E-state index < -0.39 is 0 Å². The largest absolute Gasteiger partial charge is 0.369 e. The van der Waals surface area contributed by atoms with Crippen molar-refractivity contribution in [2.24, 2.45) is 0 Å². The van der Waals surface area contributed by atoms with Gasteiger partial charge in [-0.15, -0.1) is 5.10 Å². The molecular formula is C18H18ClN5. The fourth-order valence-corrected chi connectivity index (χ4v) is 2.46. The van der Waals surface area contributed by atoms with Crippen molar-refractivity contribution in [2.45, 2.75) is 12.8 Å². The predicted octanol–water partition coefficient (Wildman–Crippen LogP) is 4.31. The van der Waals surface area contributed by atoms with E-state index in [0.29, 0.717) is 16.8 Å². The predicted molar refractivity (Wildman–Crippen MR) is 97.8 cm³/mol. The van der Waals surface area contributed by atoms with Crippen LogP contribution in [0.5, 0.6) is 0 Å². The van der Waals surface area contributed by atoms with Crippen LogP contribution in [0.2, 0.25) is 5.02 Å². The second kappa shape index (κ2) is 8.26. The fraction of sp³-hybridized carbons (Fsp3) is 0.167. The molecule has 2 N–H and O–H groups in total. The molecule has 0 unspecified atom stereocenters. The Bertz CT molecular complexity index is 779. The molecule has 2 aromatic carbocycles. The molecule has 0 amide bonds. The van der Waals surface area contributed by atoms with Gasteiger partial charge in [0.2, 0.25) is 5.95 Å². The molecule has 1 aromatic heterocycles. The monoisotopic (exact) mass is 339 g/mol. The molecule has 24 heavy (non-hydrogen) atoms. The summed E-state index contributed by atoms with van der Waals surface area (Å²) in [5.74, 6) is 1.10. The zero-order chi connectivity index (χ0) is 16.6. The molecule has 0 saturated heterocycles. The minimum absolute atomic E-state index is 0.413. The average Bonchev–Trinajstić information content (AvgIpc) is 2.62. The van der Waals surface area contributed by atoms with E-state index in [-0.39, 0.29) is 0 Å². The second-order valence-corrected chi connectivity index (χ2v) is 5.69. The first-order chi connectivity index (χ1) is 11.8. The Kier molecular flexibility index (Phi) is 5.58. The van der Waals surface area contributed by atoms with Crippen LogP contribution < -0.4 is 10.6 Å². The highest BCUT2D eigenvalue weighted by Crippen LogP contribution is 2.23. The number of para-hydroxylation sites is 1. The Balaban J connectivity index is 1.53. The van der Waals surface area contributed by atoms with E-state index in [2.05, 4.69) is 50.1 Å². The molecule has 0 spiro atoms. The Hall–Kier alpha value is -2.66. The number of aromatic nitrogens is 3. The minimum atomic E-state index is 0.413. The van der Waals surface area contributed by atoms with E-state index in [4.69, 9.17) is 11.6 Å². The van der Waals surface area contributed by atoms with Crippen molar-refractivity contribution < 1.29 is 0 Å². The zero-order valence-electron chi connectivity index (χ0n) is 13.1. The summed E-state index contributed by atoms with van der Waals surface area (Å²) in [7, 11) is 0. The van der Waals surface area contributed by atoms with Gasteiger partial charge in [-0.05, 0) is 30.5 Å². The van der Waals surface area contributed by atoms with E-state index in [0.717, 1.165) is 25.1 Å². The molecule has 0 atom stereocenters. The molecule has 0 fully saturated rings. The van der Waals surface area contributed by atoms with Crippen molar-refractivity contribution >= 4 is 29.1 Å². The van der Waals surface area contributed by atoms with Gasteiger partial charge in [-0.1, -0.05) is 54.1 Å². The van der Waals surface area contributed by atoms with Gasteiger partial charge in [0.15, 0.2) is 5.82 Å². The van der Waals surface area contributed by atoms with Gasteiger partial charge in [-0.3, -0.25) is 0 Å². The number of benzene rings is 2. The van der Waals surface area contributed by atoms with Crippen molar-refractivity contribution in [3.63, 3.8) is 0 Å². The zero-order valence-corrected chi connectivity index (χ0v) is 13.9. The fourth-order valence-electron chi connectivity index (χ4n) is 2.28. The van der Waals surface area contributed by atoms with Gasteiger partial charge >= 0.3 is 0 Å². The number of halogens is 1. The minimum Gasteiger partial charge on any atom is -0.369 e. The molecule has 0 aliphatic heterocycles. The molecule has 0 aliphatic rings. The summed E-state index contributed by atoms with van der Waals surface area (Å²) in [6.07, 6.45) is 3.65. The number of nitrogens with zero attached hydrogens (tertiary/aromatic N) is 3. The molecule has 3 rings (SSSR count). The molecule has 1 heterocycles. The SMILES string of the molecule is Clc1ccccc1Nc1nncc(NCCCc2ccccc2)n1. The Morgan fingerprint density at radius 2 is 1.75 bits per heavy atom. The van der Waals surface area contributed by atoms with Crippen LogP contribution in [0.15, 0.2) is 60.8 Å². The number of nitrogens with one attached hydrogen (secondary N) is 2. The molecule has 6 heteroatoms. The van der Waals surface area contributed by atoms with Crippen LogP contribution in [0.3, 0.4) is 0 Å². The summed E-state index contributed by atoms with van der Waals surface area (Å²) in [6.45, 7) is 0.819. The summed E-state index contributed by atoms with van der Waals surface area (Å²) in [4.78, 5) is 4.40. The van der Waals surface area contributed by atoms with Gasteiger partial charge in [0.1, 0.15) is 0 Å². The normalized spacial score (nSPS) is 10.4. The first kappa shape index (κ1) is 16.2. The highest BCUT2D eigenvalue weighted by Gasteiger charge is 2.04. The summed E-state index contributed by atoms with van der Waals surface area (Å²) >= 11 is 6.12. The molecule has 0 radical (unpaired) electrons. The number of anilines is 3. The smallest absolute Gasteiger partial charge is 0.249 e. The van der Waals surface area contributed by atoms with Crippen LogP contribution in [0.25, 0.3) is 0 Å². The maximum absolute atomic E-state index is 6.12. The first-order valence-corrected chi connectivity index (χ1v) is 8.18. The maximum Gasteiger partial charge on any atom is 0.249 e. The number of aryl methyl sites for hydroxylation is 1. The molecule has 0 saturated carbocycles. The van der Waals surface area contributed by atoms with Crippen molar-refractivity contribution in [3.05, 3.63) is 71.4 Å². The lowest BCUT2D eigenvalue weighted by atomic mass is 10.1. The van der Waals surface area contributed by atoms with Gasteiger partial charge in [0.05, 0.1) is 16.9 Å². The van der Waals surface area contributed by atoms with E-state index in [9.17, 15) is 0 Å². The standard InChI is InChI=1S/C18H18ClN5/c19-15-10-4-5-11-16(15)22-18-23-17(13-21-24-18)20-12-6-9-14-7-2-1-3-8-14/h1-5,7-8,10-11,13H,6,9,12H2,(H2,20,22,23,24). The van der Waals surface area contributed by atoms with Gasteiger partial charge < -0.3 is 10.6 Å². The highest BCUT2D eigenvalue weighted by molar-refractivity contribution is 6.33. The molecule has 0 bridgehead atoms. The van der Waals surface area contributed by atoms with Crippen molar-refractivity contribution in [1.29, 1.82) is 0 Å². The third-order valence-electron chi connectivity index (χ3n) is 3.47. The Morgan fingerprint density at radius 3 is 2.58 bits per heavy atom. The van der Waals surface area contributed by atoms with Crippen LogP contribution in [0.4, 0.5) is 17.5 Å². The van der Waals surface area contributed by atoms with Crippen molar-refractivity contribution in [1.82, 2.24) is 15.2 Å². The highest BCUT2D eigenvalue weighted by atomic mass is 35.5. The van der Waals surface area contributed by atoms with Crippen molar-refractivity contribution in [2.75, 3.05) is 17.2 Å². The quantitative estimate of drug-likeness (QED) is 0.628. The van der Waals surface area contributed by atoms with Crippen LogP contribution in [0.1, 0.15) is 12.0 Å². The van der Waals surface area contributed by atoms with Gasteiger partial charge in [-0.25, -0.2) is 0 Å². The molecular weight excluding hydrogens is 322 g/mol. The summed E-state index contributed by atoms with van der Waals surface area (Å²) in [5.41, 5.74) is 2.09. The van der Waals surface area contributed by atoms with E-state index in [1.54, 1.807) is 6.20 Å². The third-order valence-corrected chi connectivity index (χ3v) is 3.80. The second-order valence-electron chi connectivity index (χ2n) is 5.29. The first-order valence-electron chi connectivity index (χ1n) is 7.80. The summed E-state index contributed by atoms with van der Waals surface area (Å²) in [6, 6.07) is 17.9. The Morgan fingerprint density at radius 1 is 0.958 bits per heavy atom. The average molecular weight is 340 g/mol. The van der Waals surface area contributed by atoms with Crippen LogP contribution >= 0.6 is 11.6 Å². The lowest BCUT2D eigenvalue weighted by Gasteiger charge is -2.08.